The van der Waals surface area contributed by atoms with Crippen LogP contribution in [0.1, 0.15) is 159 Å². The van der Waals surface area contributed by atoms with Crippen molar-refractivity contribution >= 4 is 100 Å². The Morgan fingerprint density at radius 2 is 0.403 bits per heavy atom. The number of halogens is 16. The van der Waals surface area contributed by atoms with Gasteiger partial charge in [-0.25, -0.2) is 119 Å². The molecule has 0 unspecified atom stereocenters. The molecule has 10 N–H and O–H groups in total. The molecule has 5 heterocycles. The Kier molecular flexibility index (Phi) is 34.0. The number of aromatic nitrogens is 4. The van der Waals surface area contributed by atoms with Gasteiger partial charge < -0.3 is 31.2 Å². The zero-order valence-corrected chi connectivity index (χ0v) is 73.9. The predicted molar refractivity (Wildman–Crippen MR) is 445 cm³/mol. The highest BCUT2D eigenvalue weighted by molar-refractivity contribution is 7.52. The van der Waals surface area contributed by atoms with Gasteiger partial charge in [-0.3, -0.25) is 36.2 Å². The molecule has 0 amide bonds. The summed E-state index contributed by atoms with van der Waals surface area (Å²) in [5.41, 5.74) is -24.0. The number of fused-ring (bicyclic) bond motifs is 8. The SMILES string of the molecule is CC(C)OP(=O)(NCCCNc1c(F)c(F)c(-c2c3nc(c(-c4c(F)c(F)c(NCCCNP(=O)(OC(C)C)OC(C)C)c(F)c4F)c4ccc([nH]4)c(-c4c(F)c(F)c(NCCCNP(=O)(OC(C)C)OC(C)C)c(F)c4F)c4nc(c(-c5c(F)c(F)c(NCCCNP(=O)(OC(C)C)OC(C)C)c(F)c5F)c5ccc2[nH]5)C=C4)C=C3)c(F)c1F)OC(C)C. The molecule has 8 bridgehead atoms. The van der Waals surface area contributed by atoms with Crippen LogP contribution in [0.2, 0.25) is 0 Å². The number of nitrogens with zero attached hydrogens (tertiary/aromatic N) is 2. The molecule has 0 atom stereocenters. The van der Waals surface area contributed by atoms with Gasteiger partial charge in [0.25, 0.3) is 0 Å². The molecule has 0 radical (unpaired) electrons. The second-order valence-electron chi connectivity index (χ2n) is 30.5. The Balaban J connectivity index is 1.32. The summed E-state index contributed by atoms with van der Waals surface area (Å²) in [6.07, 6.45) is -2.76. The molecule has 0 aliphatic carbocycles. The largest absolute Gasteiger partial charge is 0.406 e. The Labute approximate surface area is 705 Å². The lowest BCUT2D eigenvalue weighted by molar-refractivity contribution is 0.134. The zero-order chi connectivity index (χ0) is 91.7. The first kappa shape index (κ1) is 99.8. The number of nitrogens with one attached hydrogen (secondary N) is 10. The van der Waals surface area contributed by atoms with Crippen molar-refractivity contribution in [3.05, 3.63) is 140 Å². The Bertz CT molecular complexity index is 4720. The van der Waals surface area contributed by atoms with Crippen molar-refractivity contribution < 1.29 is 125 Å². The van der Waals surface area contributed by atoms with Crippen LogP contribution >= 0.6 is 31.0 Å². The van der Waals surface area contributed by atoms with Crippen LogP contribution in [0.5, 0.6) is 0 Å². The first-order valence-electron chi connectivity index (χ1n) is 39.6. The number of anilines is 4. The number of aromatic amines is 2. The summed E-state index contributed by atoms with van der Waals surface area (Å²) >= 11 is 0. The van der Waals surface area contributed by atoms with Gasteiger partial charge in [-0.2, -0.15) is 0 Å². The van der Waals surface area contributed by atoms with E-state index in [1.165, 1.54) is 0 Å². The van der Waals surface area contributed by atoms with E-state index in [0.717, 1.165) is 48.6 Å². The molecular weight excluding hydrogens is 1750 g/mol. The molecule has 2 aliphatic heterocycles. The van der Waals surface area contributed by atoms with Crippen LogP contribution in [0.4, 0.5) is 93.0 Å². The van der Waals surface area contributed by atoms with Gasteiger partial charge >= 0.3 is 31.0 Å². The predicted octanol–water partition coefficient (Wildman–Crippen LogP) is 22.9. The lowest BCUT2D eigenvalue weighted by atomic mass is 10.0. The molecule has 44 heteroatoms. The second kappa shape index (κ2) is 42.3. The van der Waals surface area contributed by atoms with E-state index >= 15 is 70.2 Å². The Morgan fingerprint density at radius 3 is 0.548 bits per heavy atom. The minimum atomic E-state index is -4.02. The fourth-order valence-corrected chi connectivity index (χ4v) is 19.9. The third-order valence-electron chi connectivity index (χ3n) is 17.4. The molecule has 682 valence electrons. The molecule has 0 saturated carbocycles. The Hall–Kier alpha value is -8.00. The monoisotopic (exact) mass is 1850 g/mol. The van der Waals surface area contributed by atoms with E-state index < -0.39 is 311 Å². The van der Waals surface area contributed by atoms with E-state index in [1.807, 2.05) is 0 Å². The molecule has 124 heavy (non-hydrogen) atoms. The quantitative estimate of drug-likeness (QED) is 0.00734. The van der Waals surface area contributed by atoms with E-state index in [9.17, 15) is 18.3 Å². The van der Waals surface area contributed by atoms with E-state index in [1.54, 1.807) is 111 Å². The normalized spacial score (nSPS) is 13.0. The number of hydrogen-bond acceptors (Lipinski definition) is 18. The van der Waals surface area contributed by atoms with Crippen molar-refractivity contribution in [3.8, 4) is 44.5 Å². The van der Waals surface area contributed by atoms with Gasteiger partial charge in [0.1, 0.15) is 22.7 Å². The molecule has 7 aromatic rings. The van der Waals surface area contributed by atoms with Gasteiger partial charge in [0.15, 0.2) is 93.1 Å². The number of H-pyrrole nitrogens is 2. The fraction of sp³-hybridized carbons (Fsp3) is 0.450. The molecular formula is C80H98F16N12O12P4. The van der Waals surface area contributed by atoms with Crippen molar-refractivity contribution in [2.75, 3.05) is 73.6 Å². The van der Waals surface area contributed by atoms with E-state index in [0.29, 0.717) is 0 Å². The molecule has 24 nitrogen and oxygen atoms in total. The van der Waals surface area contributed by atoms with Crippen molar-refractivity contribution in [2.24, 2.45) is 0 Å². The average molecular weight is 1850 g/mol. The van der Waals surface area contributed by atoms with Crippen molar-refractivity contribution in [1.82, 2.24) is 40.3 Å². The third-order valence-corrected chi connectivity index (χ3v) is 25.5. The summed E-state index contributed by atoms with van der Waals surface area (Å²) in [5, 5.41) is 19.3. The first-order chi connectivity index (χ1) is 58.1. The highest BCUT2D eigenvalue weighted by atomic mass is 31.2. The summed E-state index contributed by atoms with van der Waals surface area (Å²) in [6, 6.07) is 3.20. The van der Waals surface area contributed by atoms with Crippen LogP contribution in [-0.2, 0) is 54.5 Å². The van der Waals surface area contributed by atoms with Gasteiger partial charge in [-0.05, 0) is 185 Å². The van der Waals surface area contributed by atoms with Gasteiger partial charge in [0.05, 0.1) is 93.9 Å². The summed E-state index contributed by atoms with van der Waals surface area (Å²) in [7, 11) is -16.1. The van der Waals surface area contributed by atoms with Crippen LogP contribution in [0.25, 0.3) is 90.9 Å². The second-order valence-corrected chi connectivity index (χ2v) is 37.4. The summed E-state index contributed by atoms with van der Waals surface area (Å²) < 4.78 is 375. The maximum atomic E-state index is 17.6. The molecule has 0 saturated heterocycles. The third kappa shape index (κ3) is 23.7. The van der Waals surface area contributed by atoms with Crippen molar-refractivity contribution in [3.63, 3.8) is 0 Å². The number of benzene rings is 4. The average Bonchev–Trinajstić information content (AvgIpc) is 1.57. The molecule has 0 spiro atoms. The van der Waals surface area contributed by atoms with Crippen molar-refractivity contribution in [2.45, 2.75) is 185 Å². The van der Waals surface area contributed by atoms with E-state index in [2.05, 4.69) is 61.6 Å². The Morgan fingerprint density at radius 1 is 0.250 bits per heavy atom. The van der Waals surface area contributed by atoms with Gasteiger partial charge in [-0.1, -0.05) is 0 Å². The standard InChI is InChI=1S/C80H98F16N12O12P4/c1-37(2)113-121(109,114-38(3)4)101-33-17-29-97-77-69(89)61(81)57(62(82)70(77)90)53-45-21-23-47(105-45)54(58-63(83)71(91)78(72(92)64(58)84)98-30-18-34-102-122(110,115-39(5)6)116-40(7)8)49-25-27-51(107-49)56(60-67(87)75(95)80(76(96)68(60)88)100-32-20-36-104-124(112,119-43(13)14)120-44(15)16)52-28-26-50(108-52)55(48-24-22-46(53)106-48)59-65(85)73(93)79(74(94)66(59)86)99-31-19-35-103-123(111,117-41(9)10)118-42(11)12/h21-28,37-44,97-100,105,108H,17-20,29-36H2,1-16H3,(H,101,109)(H,102,110)(H,103,111)(H,104,112). The van der Waals surface area contributed by atoms with E-state index in [-0.39, 0.29) is 51.9 Å². The lowest BCUT2D eigenvalue weighted by Crippen LogP contribution is -2.22. The highest BCUT2D eigenvalue weighted by Gasteiger charge is 2.38. The zero-order valence-electron chi connectivity index (χ0n) is 70.4. The number of hydrogen-bond donors (Lipinski definition) is 10. The first-order valence-corrected chi connectivity index (χ1v) is 45.8. The maximum absolute atomic E-state index is 17.6. The van der Waals surface area contributed by atoms with Crippen molar-refractivity contribution in [1.29, 1.82) is 0 Å². The topological polar surface area (TPSA) is 296 Å². The van der Waals surface area contributed by atoms with Crippen LogP contribution in [0, 0.1) is 93.1 Å². The maximum Gasteiger partial charge on any atom is 0.406 e. The lowest BCUT2D eigenvalue weighted by Gasteiger charge is -2.23. The summed E-state index contributed by atoms with van der Waals surface area (Å²) in [5.74, 6) is -35.2. The highest BCUT2D eigenvalue weighted by Crippen LogP contribution is 2.52. The molecule has 4 aromatic carbocycles. The minimum absolute atomic E-state index is 0.200. The van der Waals surface area contributed by atoms with Crippen LogP contribution in [0.3, 0.4) is 0 Å². The summed E-state index contributed by atoms with van der Waals surface area (Å²) in [4.78, 5) is 13.9. The van der Waals surface area contributed by atoms with Gasteiger partial charge in [0.2, 0.25) is 0 Å². The summed E-state index contributed by atoms with van der Waals surface area (Å²) in [6.45, 7) is 21.8. The van der Waals surface area contributed by atoms with Gasteiger partial charge in [0, 0.05) is 96.7 Å². The molecule has 3 aromatic heterocycles. The van der Waals surface area contributed by atoms with E-state index in [4.69, 9.17) is 36.2 Å². The van der Waals surface area contributed by atoms with Crippen LogP contribution in [0.15, 0.2) is 24.3 Å². The fourth-order valence-electron chi connectivity index (χ4n) is 13.0. The minimum Gasteiger partial charge on any atom is -0.380 e. The molecule has 0 fully saturated rings. The van der Waals surface area contributed by atoms with Crippen LogP contribution < -0.4 is 41.6 Å². The van der Waals surface area contributed by atoms with Crippen LogP contribution in [-0.4, -0.2) is 121 Å². The molecule has 9 rings (SSSR count). The number of rotatable bonds is 44. The molecule has 2 aliphatic rings. The van der Waals surface area contributed by atoms with Gasteiger partial charge in [-0.15, -0.1) is 0 Å². The smallest absolute Gasteiger partial charge is 0.380 e.